The van der Waals surface area contributed by atoms with Gasteiger partial charge < -0.3 is 0 Å². The molecule has 1 aliphatic rings. The summed E-state index contributed by atoms with van der Waals surface area (Å²) in [7, 11) is 0. The van der Waals surface area contributed by atoms with Crippen LogP contribution in [0.1, 0.15) is 31.2 Å². The number of hydrogen-bond donors (Lipinski definition) is 0. The highest BCUT2D eigenvalue weighted by Gasteiger charge is 2.22. The van der Waals surface area contributed by atoms with Gasteiger partial charge in [-0.15, -0.1) is 11.6 Å². The van der Waals surface area contributed by atoms with Gasteiger partial charge in [-0.3, -0.25) is 4.90 Å². The molecule has 4 heteroatoms. The Hall–Kier alpha value is -0.310. The van der Waals surface area contributed by atoms with E-state index < -0.39 is 0 Å². The minimum atomic E-state index is -0.356. The number of alkyl halides is 1. The maximum Gasteiger partial charge on any atom is 0.141 e. The van der Waals surface area contributed by atoms with Gasteiger partial charge in [0.2, 0.25) is 0 Å². The van der Waals surface area contributed by atoms with E-state index in [2.05, 4.69) is 4.90 Å². The van der Waals surface area contributed by atoms with Gasteiger partial charge in [0.1, 0.15) is 5.82 Å². The van der Waals surface area contributed by atoms with Crippen molar-refractivity contribution in [1.82, 2.24) is 4.90 Å². The molecule has 1 aliphatic carbocycles. The molecule has 0 bridgehead atoms. The lowest BCUT2D eigenvalue weighted by Gasteiger charge is -2.28. The van der Waals surface area contributed by atoms with Crippen molar-refractivity contribution in [3.63, 3.8) is 0 Å². The molecule has 1 nitrogen and oxygen atoms in total. The van der Waals surface area contributed by atoms with E-state index in [4.69, 9.17) is 23.2 Å². The van der Waals surface area contributed by atoms with E-state index in [-0.39, 0.29) is 10.8 Å². The average molecular weight is 290 g/mol. The Morgan fingerprint density at radius 1 is 1.28 bits per heavy atom. The lowest BCUT2D eigenvalue weighted by atomic mass is 10.1. The summed E-state index contributed by atoms with van der Waals surface area (Å²) in [6.45, 7) is 1.68. The van der Waals surface area contributed by atoms with Crippen LogP contribution in [0.5, 0.6) is 0 Å². The Kier molecular flexibility index (Phi) is 5.28. The lowest BCUT2D eigenvalue weighted by molar-refractivity contribution is 0.201. The van der Waals surface area contributed by atoms with Crippen LogP contribution >= 0.6 is 23.2 Å². The third-order valence-electron chi connectivity index (χ3n) is 3.58. The molecule has 0 radical (unpaired) electrons. The second kappa shape index (κ2) is 6.74. The predicted molar refractivity (Wildman–Crippen MR) is 74.8 cm³/mol. The van der Waals surface area contributed by atoms with Gasteiger partial charge in [0.25, 0.3) is 0 Å². The molecule has 2 rings (SSSR count). The van der Waals surface area contributed by atoms with Crippen molar-refractivity contribution in [3.8, 4) is 0 Å². The third-order valence-corrected chi connectivity index (χ3v) is 4.04. The zero-order valence-corrected chi connectivity index (χ0v) is 11.9. The van der Waals surface area contributed by atoms with Crippen LogP contribution in [0, 0.1) is 5.82 Å². The largest absolute Gasteiger partial charge is 0.295 e. The fourth-order valence-corrected chi connectivity index (χ4v) is 3.06. The molecule has 0 N–H and O–H groups in total. The first-order valence-corrected chi connectivity index (χ1v) is 7.36. The second-order valence-electron chi connectivity index (χ2n) is 4.85. The van der Waals surface area contributed by atoms with E-state index in [0.29, 0.717) is 11.9 Å². The van der Waals surface area contributed by atoms with Gasteiger partial charge in [0, 0.05) is 25.0 Å². The van der Waals surface area contributed by atoms with E-state index in [1.165, 1.54) is 31.7 Å². The van der Waals surface area contributed by atoms with Crippen LogP contribution in [0.2, 0.25) is 5.02 Å². The summed E-state index contributed by atoms with van der Waals surface area (Å²) in [6, 6.07) is 5.57. The molecular formula is C14H18Cl2FN. The maximum atomic E-state index is 13.1. The zero-order chi connectivity index (χ0) is 13.0. The highest BCUT2D eigenvalue weighted by molar-refractivity contribution is 6.30. The Morgan fingerprint density at radius 2 is 2.00 bits per heavy atom. The number of halogens is 3. The van der Waals surface area contributed by atoms with Gasteiger partial charge >= 0.3 is 0 Å². The van der Waals surface area contributed by atoms with Crippen LogP contribution in [-0.4, -0.2) is 23.4 Å². The van der Waals surface area contributed by atoms with Crippen molar-refractivity contribution < 1.29 is 4.39 Å². The van der Waals surface area contributed by atoms with Crippen molar-refractivity contribution in [1.29, 1.82) is 0 Å². The first-order valence-electron chi connectivity index (χ1n) is 6.44. The van der Waals surface area contributed by atoms with Gasteiger partial charge in [-0.1, -0.05) is 30.5 Å². The van der Waals surface area contributed by atoms with E-state index in [1.807, 2.05) is 0 Å². The van der Waals surface area contributed by atoms with Crippen LogP contribution in [0.4, 0.5) is 4.39 Å². The Morgan fingerprint density at radius 3 is 2.61 bits per heavy atom. The van der Waals surface area contributed by atoms with E-state index in [0.717, 1.165) is 18.7 Å². The van der Waals surface area contributed by atoms with Crippen molar-refractivity contribution >= 4 is 23.2 Å². The Balaban J connectivity index is 2.04. The molecule has 0 heterocycles. The molecule has 1 fully saturated rings. The monoisotopic (exact) mass is 289 g/mol. The SMILES string of the molecule is Fc1ccc(CN(CCCl)C2CCCC2)cc1Cl. The number of nitrogens with zero attached hydrogens (tertiary/aromatic N) is 1. The lowest BCUT2D eigenvalue weighted by Crippen LogP contribution is -2.34. The van der Waals surface area contributed by atoms with E-state index in [9.17, 15) is 4.39 Å². The van der Waals surface area contributed by atoms with Crippen LogP contribution in [0.25, 0.3) is 0 Å². The first-order chi connectivity index (χ1) is 8.70. The summed E-state index contributed by atoms with van der Waals surface area (Å²) in [6.07, 6.45) is 5.08. The quantitative estimate of drug-likeness (QED) is 0.724. The van der Waals surface area contributed by atoms with E-state index >= 15 is 0 Å². The number of hydrogen-bond acceptors (Lipinski definition) is 1. The summed E-state index contributed by atoms with van der Waals surface area (Å²) in [5.41, 5.74) is 1.05. The predicted octanol–water partition coefficient (Wildman–Crippen LogP) is 4.46. The molecule has 100 valence electrons. The normalized spacial score (nSPS) is 16.7. The summed E-state index contributed by atoms with van der Waals surface area (Å²) < 4.78 is 13.1. The van der Waals surface area contributed by atoms with Gasteiger partial charge in [0.05, 0.1) is 5.02 Å². The molecule has 1 aromatic carbocycles. The smallest absolute Gasteiger partial charge is 0.141 e. The summed E-state index contributed by atoms with van der Waals surface area (Å²) in [5.74, 6) is 0.274. The molecule has 0 atom stereocenters. The molecule has 0 spiro atoms. The zero-order valence-electron chi connectivity index (χ0n) is 10.3. The Bertz CT molecular complexity index is 391. The van der Waals surface area contributed by atoms with Crippen molar-refractivity contribution in [3.05, 3.63) is 34.6 Å². The van der Waals surface area contributed by atoms with Crippen LogP contribution in [-0.2, 0) is 6.54 Å². The van der Waals surface area contributed by atoms with Crippen LogP contribution in [0.3, 0.4) is 0 Å². The average Bonchev–Trinajstić information content (AvgIpc) is 2.87. The highest BCUT2D eigenvalue weighted by atomic mass is 35.5. The van der Waals surface area contributed by atoms with Crippen molar-refractivity contribution in [2.75, 3.05) is 12.4 Å². The Labute approximate surface area is 118 Å². The second-order valence-corrected chi connectivity index (χ2v) is 5.63. The standard InChI is InChI=1S/C14H18Cl2FN/c15-7-8-18(12-3-1-2-4-12)10-11-5-6-14(17)13(16)9-11/h5-6,9,12H,1-4,7-8,10H2. The molecule has 0 aliphatic heterocycles. The molecule has 0 aromatic heterocycles. The summed E-state index contributed by atoms with van der Waals surface area (Å²) in [5, 5.41) is 0.199. The van der Waals surface area contributed by atoms with Gasteiger partial charge in [0.15, 0.2) is 0 Å². The molecule has 1 aromatic rings. The van der Waals surface area contributed by atoms with Gasteiger partial charge in [-0.05, 0) is 30.5 Å². The number of benzene rings is 1. The fraction of sp³-hybridized carbons (Fsp3) is 0.571. The molecule has 0 saturated heterocycles. The summed E-state index contributed by atoms with van der Waals surface area (Å²) in [4.78, 5) is 2.39. The fourth-order valence-electron chi connectivity index (χ4n) is 2.64. The minimum Gasteiger partial charge on any atom is -0.295 e. The van der Waals surface area contributed by atoms with E-state index in [1.54, 1.807) is 12.1 Å². The molecule has 0 amide bonds. The minimum absolute atomic E-state index is 0.199. The molecular weight excluding hydrogens is 272 g/mol. The van der Waals surface area contributed by atoms with Crippen LogP contribution in [0.15, 0.2) is 18.2 Å². The highest BCUT2D eigenvalue weighted by Crippen LogP contribution is 2.25. The molecule has 18 heavy (non-hydrogen) atoms. The van der Waals surface area contributed by atoms with Crippen LogP contribution < -0.4 is 0 Å². The van der Waals surface area contributed by atoms with Crippen molar-refractivity contribution in [2.24, 2.45) is 0 Å². The molecule has 1 saturated carbocycles. The van der Waals surface area contributed by atoms with Crippen molar-refractivity contribution in [2.45, 2.75) is 38.3 Å². The first kappa shape index (κ1) is 14.1. The van der Waals surface area contributed by atoms with Gasteiger partial charge in [-0.25, -0.2) is 4.39 Å². The maximum absolute atomic E-state index is 13.1. The third kappa shape index (κ3) is 3.59. The summed E-state index contributed by atoms with van der Waals surface area (Å²) >= 11 is 11.7. The van der Waals surface area contributed by atoms with Gasteiger partial charge in [-0.2, -0.15) is 0 Å². The number of rotatable bonds is 5. The topological polar surface area (TPSA) is 3.24 Å². The molecule has 0 unspecified atom stereocenters.